The van der Waals surface area contributed by atoms with Crippen molar-refractivity contribution in [2.24, 2.45) is 5.92 Å². The molecule has 1 amide bonds. The second-order valence-electron chi connectivity index (χ2n) is 7.78. The molecule has 1 fully saturated rings. The zero-order valence-corrected chi connectivity index (χ0v) is 18.6. The minimum absolute atomic E-state index is 0.0550. The van der Waals surface area contributed by atoms with E-state index in [0.717, 1.165) is 18.9 Å². The van der Waals surface area contributed by atoms with Crippen molar-refractivity contribution >= 4 is 35.0 Å². The number of nitro benzene ring substituents is 1. The van der Waals surface area contributed by atoms with E-state index in [1.165, 1.54) is 23.1 Å². The van der Waals surface area contributed by atoms with Gasteiger partial charge in [-0.1, -0.05) is 25.5 Å². The van der Waals surface area contributed by atoms with E-state index < -0.39 is 35.2 Å². The summed E-state index contributed by atoms with van der Waals surface area (Å²) < 4.78 is 10.2. The molecule has 0 aromatic heterocycles. The van der Waals surface area contributed by atoms with Crippen LogP contribution in [0.4, 0.5) is 11.4 Å². The number of benzene rings is 2. The van der Waals surface area contributed by atoms with E-state index in [0.29, 0.717) is 17.9 Å². The molecule has 2 aromatic carbocycles. The summed E-state index contributed by atoms with van der Waals surface area (Å²) in [5, 5.41) is 10.8. The molecule has 0 spiro atoms. The number of Topliss-reactive ketones (excluding diaryl/α,β-unsaturated/α-hetero) is 1. The number of amides is 1. The summed E-state index contributed by atoms with van der Waals surface area (Å²) in [7, 11) is 0. The SMILES string of the molecule is CCCCOC(=O)c1ccc(N2C[C@H](C(=O)OCC(=O)c3cccc([N+](=O)[O-])c3)CC2=O)cc1. The molecule has 1 aliphatic heterocycles. The maximum atomic E-state index is 12.4. The van der Waals surface area contributed by atoms with Gasteiger partial charge in [0, 0.05) is 36.3 Å². The predicted molar refractivity (Wildman–Crippen MR) is 120 cm³/mol. The number of unbranched alkanes of at least 4 members (excludes halogenated alkanes) is 1. The van der Waals surface area contributed by atoms with Gasteiger partial charge >= 0.3 is 11.9 Å². The van der Waals surface area contributed by atoms with Crippen LogP contribution in [0.15, 0.2) is 48.5 Å². The van der Waals surface area contributed by atoms with Gasteiger partial charge in [-0.15, -0.1) is 0 Å². The molecular formula is C24H24N2O8. The van der Waals surface area contributed by atoms with E-state index in [1.807, 2.05) is 6.92 Å². The lowest BCUT2D eigenvalue weighted by molar-refractivity contribution is -0.384. The molecule has 0 bridgehead atoms. The summed E-state index contributed by atoms with van der Waals surface area (Å²) in [4.78, 5) is 60.8. The number of hydrogen-bond donors (Lipinski definition) is 0. The van der Waals surface area contributed by atoms with Gasteiger partial charge in [0.25, 0.3) is 5.69 Å². The van der Waals surface area contributed by atoms with Crippen LogP contribution < -0.4 is 4.90 Å². The number of nitrogens with zero attached hydrogens (tertiary/aromatic N) is 2. The maximum absolute atomic E-state index is 12.4. The fourth-order valence-corrected chi connectivity index (χ4v) is 3.42. The fraction of sp³-hybridized carbons (Fsp3) is 0.333. The molecule has 1 atom stereocenters. The van der Waals surface area contributed by atoms with Gasteiger partial charge in [0.2, 0.25) is 11.7 Å². The molecule has 0 radical (unpaired) electrons. The maximum Gasteiger partial charge on any atom is 0.338 e. The number of anilines is 1. The summed E-state index contributed by atoms with van der Waals surface area (Å²) in [6.07, 6.45) is 1.61. The van der Waals surface area contributed by atoms with Gasteiger partial charge < -0.3 is 14.4 Å². The minimum Gasteiger partial charge on any atom is -0.462 e. The predicted octanol–water partition coefficient (Wildman–Crippen LogP) is 3.33. The van der Waals surface area contributed by atoms with E-state index in [1.54, 1.807) is 24.3 Å². The molecule has 1 aliphatic rings. The zero-order valence-electron chi connectivity index (χ0n) is 18.6. The monoisotopic (exact) mass is 468 g/mol. The zero-order chi connectivity index (χ0) is 24.7. The summed E-state index contributed by atoms with van der Waals surface area (Å²) in [6.45, 7) is 1.82. The third-order valence-electron chi connectivity index (χ3n) is 5.33. The van der Waals surface area contributed by atoms with Gasteiger partial charge in [-0.2, -0.15) is 0 Å². The second-order valence-corrected chi connectivity index (χ2v) is 7.78. The highest BCUT2D eigenvalue weighted by Crippen LogP contribution is 2.26. The number of esters is 2. The number of rotatable bonds is 10. The Labute approximate surface area is 195 Å². The summed E-state index contributed by atoms with van der Waals surface area (Å²) in [5.41, 5.74) is 0.703. The number of ether oxygens (including phenoxy) is 2. The highest BCUT2D eigenvalue weighted by Gasteiger charge is 2.36. The topological polar surface area (TPSA) is 133 Å². The largest absolute Gasteiger partial charge is 0.462 e. The van der Waals surface area contributed by atoms with Crippen molar-refractivity contribution in [2.75, 3.05) is 24.7 Å². The van der Waals surface area contributed by atoms with Gasteiger partial charge in [-0.3, -0.25) is 24.5 Å². The second kappa shape index (κ2) is 11.2. The lowest BCUT2D eigenvalue weighted by Gasteiger charge is -2.17. The molecule has 0 saturated carbocycles. The molecule has 0 aliphatic carbocycles. The average molecular weight is 468 g/mol. The van der Waals surface area contributed by atoms with E-state index in [2.05, 4.69) is 0 Å². The van der Waals surface area contributed by atoms with Crippen molar-refractivity contribution in [3.8, 4) is 0 Å². The molecule has 2 aromatic rings. The number of non-ortho nitro benzene ring substituents is 1. The average Bonchev–Trinajstić information content (AvgIpc) is 3.24. The number of ketones is 1. The van der Waals surface area contributed by atoms with Crippen molar-refractivity contribution in [3.05, 3.63) is 69.8 Å². The van der Waals surface area contributed by atoms with Gasteiger partial charge in [0.05, 0.1) is 23.0 Å². The molecule has 1 heterocycles. The molecule has 3 rings (SSSR count). The van der Waals surface area contributed by atoms with Crippen LogP contribution in [0.5, 0.6) is 0 Å². The Balaban J connectivity index is 1.55. The first-order valence-corrected chi connectivity index (χ1v) is 10.8. The van der Waals surface area contributed by atoms with E-state index in [4.69, 9.17) is 9.47 Å². The molecule has 10 heteroatoms. The molecule has 34 heavy (non-hydrogen) atoms. The first-order chi connectivity index (χ1) is 16.3. The Hall–Kier alpha value is -4.08. The minimum atomic E-state index is -0.760. The number of carbonyl (C=O) groups is 4. The fourth-order valence-electron chi connectivity index (χ4n) is 3.42. The van der Waals surface area contributed by atoms with Crippen LogP contribution in [-0.2, 0) is 19.1 Å². The Morgan fingerprint density at radius 3 is 2.50 bits per heavy atom. The Morgan fingerprint density at radius 2 is 1.82 bits per heavy atom. The molecule has 0 N–H and O–H groups in total. The van der Waals surface area contributed by atoms with Gasteiger partial charge in [-0.25, -0.2) is 4.79 Å². The highest BCUT2D eigenvalue weighted by atomic mass is 16.6. The molecule has 1 saturated heterocycles. The van der Waals surface area contributed by atoms with Crippen molar-refractivity contribution in [1.29, 1.82) is 0 Å². The van der Waals surface area contributed by atoms with Crippen LogP contribution in [0.3, 0.4) is 0 Å². The molecule has 178 valence electrons. The number of nitro groups is 1. The van der Waals surface area contributed by atoms with Crippen LogP contribution in [0.1, 0.15) is 46.9 Å². The standard InChI is InChI=1S/C24H24N2O8/c1-2-3-11-33-23(29)16-7-9-19(10-8-16)25-14-18(13-22(25)28)24(30)34-15-21(27)17-5-4-6-20(12-17)26(31)32/h4-10,12,18H,2-3,11,13-15H2,1H3/t18-/m1/s1. The number of carbonyl (C=O) groups excluding carboxylic acids is 4. The Bertz CT molecular complexity index is 1100. The molecular weight excluding hydrogens is 444 g/mol. The van der Waals surface area contributed by atoms with Crippen molar-refractivity contribution in [2.45, 2.75) is 26.2 Å². The smallest absolute Gasteiger partial charge is 0.338 e. The van der Waals surface area contributed by atoms with Gasteiger partial charge in [0.1, 0.15) is 0 Å². The lowest BCUT2D eigenvalue weighted by Crippen LogP contribution is -2.27. The lowest BCUT2D eigenvalue weighted by atomic mass is 10.1. The molecule has 0 unspecified atom stereocenters. The van der Waals surface area contributed by atoms with Crippen LogP contribution >= 0.6 is 0 Å². The van der Waals surface area contributed by atoms with Crippen LogP contribution in [0.2, 0.25) is 0 Å². The third kappa shape index (κ3) is 6.03. The highest BCUT2D eigenvalue weighted by molar-refractivity contribution is 6.01. The van der Waals surface area contributed by atoms with Crippen LogP contribution in [-0.4, -0.2) is 48.3 Å². The summed E-state index contributed by atoms with van der Waals surface area (Å²) >= 11 is 0. The van der Waals surface area contributed by atoms with Crippen LogP contribution in [0.25, 0.3) is 0 Å². The van der Waals surface area contributed by atoms with Crippen LogP contribution in [0, 0.1) is 16.0 Å². The third-order valence-corrected chi connectivity index (χ3v) is 5.33. The number of hydrogen-bond acceptors (Lipinski definition) is 8. The van der Waals surface area contributed by atoms with Gasteiger partial charge in [-0.05, 0) is 30.7 Å². The van der Waals surface area contributed by atoms with E-state index in [-0.39, 0.29) is 30.1 Å². The van der Waals surface area contributed by atoms with Gasteiger partial charge in [0.15, 0.2) is 6.61 Å². The molecule has 10 nitrogen and oxygen atoms in total. The first-order valence-electron chi connectivity index (χ1n) is 10.8. The van der Waals surface area contributed by atoms with E-state index >= 15 is 0 Å². The van der Waals surface area contributed by atoms with Crippen molar-refractivity contribution in [1.82, 2.24) is 0 Å². The van der Waals surface area contributed by atoms with Crippen molar-refractivity contribution < 1.29 is 33.6 Å². The van der Waals surface area contributed by atoms with Crippen molar-refractivity contribution in [3.63, 3.8) is 0 Å². The summed E-state index contributed by atoms with van der Waals surface area (Å²) in [5.74, 6) is -2.78. The normalized spacial score (nSPS) is 15.1. The Kier molecular flexibility index (Phi) is 8.07. The summed E-state index contributed by atoms with van der Waals surface area (Å²) in [6, 6.07) is 11.5. The quantitative estimate of drug-likeness (QED) is 0.170. The Morgan fingerprint density at radius 1 is 1.09 bits per heavy atom. The first kappa shape index (κ1) is 24.6. The van der Waals surface area contributed by atoms with E-state index in [9.17, 15) is 29.3 Å².